The van der Waals surface area contributed by atoms with Crippen molar-refractivity contribution in [1.29, 1.82) is 0 Å². The molecule has 11 rings (SSSR count). The third kappa shape index (κ3) is 5.43. The fourth-order valence-corrected chi connectivity index (χ4v) is 8.50. The third-order valence-electron chi connectivity index (χ3n) is 11.3. The summed E-state index contributed by atoms with van der Waals surface area (Å²) in [5.41, 5.74) is 12.5. The average molecular weight is 746 g/mol. The number of fused-ring (bicyclic) bond motifs is 6. The second-order valence-corrected chi connectivity index (χ2v) is 15.2. The highest BCUT2D eigenvalue weighted by atomic mass is 15.0. The zero-order chi connectivity index (χ0) is 38.8. The number of rotatable bonds is 6. The van der Waals surface area contributed by atoms with Crippen molar-refractivity contribution in [2.45, 2.75) is 19.3 Å². The summed E-state index contributed by atoms with van der Waals surface area (Å²) in [6.45, 7) is 4.51. The van der Waals surface area contributed by atoms with Gasteiger partial charge >= 0.3 is 0 Å². The predicted molar refractivity (Wildman–Crippen MR) is 232 cm³/mol. The van der Waals surface area contributed by atoms with E-state index in [0.717, 1.165) is 72.6 Å². The summed E-state index contributed by atoms with van der Waals surface area (Å²) in [5, 5.41) is 2.32. The molecule has 0 atom stereocenters. The first-order valence-corrected chi connectivity index (χ1v) is 19.5. The number of hydrogen-bond donors (Lipinski definition) is 0. The van der Waals surface area contributed by atoms with E-state index in [0.29, 0.717) is 23.3 Å². The van der Waals surface area contributed by atoms with E-state index in [-0.39, 0.29) is 5.41 Å². The number of hydrogen-bond acceptors (Lipinski definition) is 6. The summed E-state index contributed by atoms with van der Waals surface area (Å²) in [5.74, 6) is 2.42. The Morgan fingerprint density at radius 3 is 1.67 bits per heavy atom. The van der Waals surface area contributed by atoms with Crippen molar-refractivity contribution in [3.05, 3.63) is 187 Å². The SMILES string of the molecule is CC1(C)c2ccccc2-c2nc(-c3ccc4c(c3)c3ccccc3n4-c3ccccc3)nc(-c3ccc(-c4nc(-c5ccccc5)nc(-c5ccccc5)n4)cn3)c21. The van der Waals surface area contributed by atoms with Crippen LogP contribution in [0.5, 0.6) is 0 Å². The van der Waals surface area contributed by atoms with Gasteiger partial charge in [-0.2, -0.15) is 0 Å². The van der Waals surface area contributed by atoms with Gasteiger partial charge in [0.25, 0.3) is 0 Å². The normalized spacial score (nSPS) is 12.8. The molecule has 1 aliphatic carbocycles. The molecule has 0 unspecified atom stereocenters. The number of nitrogens with zero attached hydrogens (tertiary/aromatic N) is 7. The fourth-order valence-electron chi connectivity index (χ4n) is 8.50. The Kier molecular flexibility index (Phi) is 7.69. The van der Waals surface area contributed by atoms with Crippen LogP contribution in [0.3, 0.4) is 0 Å². The van der Waals surface area contributed by atoms with Gasteiger partial charge in [0.1, 0.15) is 0 Å². The number of aromatic nitrogens is 7. The van der Waals surface area contributed by atoms with Gasteiger partial charge in [-0.05, 0) is 54.1 Å². The molecule has 0 spiro atoms. The molecule has 0 fully saturated rings. The lowest BCUT2D eigenvalue weighted by atomic mass is 9.81. The monoisotopic (exact) mass is 745 g/mol. The summed E-state index contributed by atoms with van der Waals surface area (Å²) in [4.78, 5) is 30.6. The standard InChI is InChI=1S/C51H35N7/c1-51(2)40-24-14-12-23-38(40)45-44(51)46(54-49(53-45)34-27-29-43-39(30-34)37-22-13-15-25-42(37)58(43)36-20-10-5-11-21-36)41-28-26-35(31-52-41)50-56-47(32-16-6-3-7-17-32)55-48(57-50)33-18-8-4-9-19-33/h3-31H,1-2H3. The quantitative estimate of drug-likeness (QED) is 0.169. The van der Waals surface area contributed by atoms with Crippen molar-refractivity contribution in [3.63, 3.8) is 0 Å². The van der Waals surface area contributed by atoms with E-state index in [1.165, 1.54) is 10.9 Å². The van der Waals surface area contributed by atoms with Gasteiger partial charge in [0.05, 0.1) is 28.1 Å². The maximum atomic E-state index is 5.40. The molecule has 7 heteroatoms. The lowest BCUT2D eigenvalue weighted by molar-refractivity contribution is 0.657. The minimum Gasteiger partial charge on any atom is -0.309 e. The topological polar surface area (TPSA) is 82.3 Å². The first-order chi connectivity index (χ1) is 28.5. The zero-order valence-electron chi connectivity index (χ0n) is 31.9. The minimum absolute atomic E-state index is 0.351. The maximum absolute atomic E-state index is 5.40. The highest BCUT2D eigenvalue weighted by Gasteiger charge is 2.40. The van der Waals surface area contributed by atoms with Crippen LogP contribution in [0, 0.1) is 0 Å². The maximum Gasteiger partial charge on any atom is 0.165 e. The van der Waals surface area contributed by atoms with E-state index in [1.807, 2.05) is 79.0 Å². The highest BCUT2D eigenvalue weighted by molar-refractivity contribution is 6.10. The molecule has 10 aromatic rings. The Morgan fingerprint density at radius 1 is 0.431 bits per heavy atom. The van der Waals surface area contributed by atoms with Crippen molar-refractivity contribution < 1.29 is 0 Å². The van der Waals surface area contributed by atoms with Gasteiger partial charge in [-0.25, -0.2) is 24.9 Å². The van der Waals surface area contributed by atoms with Gasteiger partial charge in [0, 0.05) is 61.5 Å². The molecule has 0 aliphatic heterocycles. The van der Waals surface area contributed by atoms with E-state index < -0.39 is 0 Å². The molecule has 0 bridgehead atoms. The smallest absolute Gasteiger partial charge is 0.165 e. The van der Waals surface area contributed by atoms with E-state index in [1.54, 1.807) is 0 Å². The van der Waals surface area contributed by atoms with Crippen LogP contribution in [0.2, 0.25) is 0 Å². The van der Waals surface area contributed by atoms with Gasteiger partial charge in [-0.1, -0.05) is 135 Å². The molecule has 0 saturated heterocycles. The fraction of sp³-hybridized carbons (Fsp3) is 0.0588. The molecule has 0 saturated carbocycles. The highest BCUT2D eigenvalue weighted by Crippen LogP contribution is 2.51. The van der Waals surface area contributed by atoms with Crippen LogP contribution in [-0.2, 0) is 5.41 Å². The van der Waals surface area contributed by atoms with E-state index in [9.17, 15) is 0 Å². The van der Waals surface area contributed by atoms with Crippen molar-refractivity contribution in [1.82, 2.24) is 34.5 Å². The molecular formula is C51H35N7. The Bertz CT molecular complexity index is 3120. The van der Waals surface area contributed by atoms with E-state index in [2.05, 4.69) is 115 Å². The van der Waals surface area contributed by atoms with Crippen molar-refractivity contribution in [3.8, 4) is 73.9 Å². The summed E-state index contributed by atoms with van der Waals surface area (Å²) >= 11 is 0. The number of benzene rings is 6. The average Bonchev–Trinajstić information content (AvgIpc) is 3.75. The second-order valence-electron chi connectivity index (χ2n) is 15.2. The molecule has 4 aromatic heterocycles. The molecular weight excluding hydrogens is 711 g/mol. The van der Waals surface area contributed by atoms with Crippen molar-refractivity contribution in [2.75, 3.05) is 0 Å². The Balaban J connectivity index is 1.07. The third-order valence-corrected chi connectivity index (χ3v) is 11.3. The second kappa shape index (κ2) is 13.2. The molecule has 0 amide bonds. The van der Waals surface area contributed by atoms with Gasteiger partial charge in [0.15, 0.2) is 23.3 Å². The molecule has 274 valence electrons. The van der Waals surface area contributed by atoms with Gasteiger partial charge in [0.2, 0.25) is 0 Å². The Hall–Kier alpha value is -7.64. The summed E-state index contributed by atoms with van der Waals surface area (Å²) < 4.78 is 2.33. The Morgan fingerprint density at radius 2 is 0.983 bits per heavy atom. The van der Waals surface area contributed by atoms with Gasteiger partial charge in [-0.15, -0.1) is 0 Å². The number of pyridine rings is 1. The number of para-hydroxylation sites is 2. The van der Waals surface area contributed by atoms with Crippen LogP contribution in [0.4, 0.5) is 0 Å². The van der Waals surface area contributed by atoms with Crippen LogP contribution >= 0.6 is 0 Å². The molecule has 1 aliphatic rings. The predicted octanol–water partition coefficient (Wildman–Crippen LogP) is 11.8. The van der Waals surface area contributed by atoms with E-state index >= 15 is 0 Å². The molecule has 0 radical (unpaired) electrons. The summed E-state index contributed by atoms with van der Waals surface area (Å²) in [7, 11) is 0. The Labute approximate surface area is 335 Å². The molecule has 58 heavy (non-hydrogen) atoms. The summed E-state index contributed by atoms with van der Waals surface area (Å²) in [6, 6.07) is 58.3. The van der Waals surface area contributed by atoms with Crippen molar-refractivity contribution >= 4 is 21.8 Å². The molecule has 7 nitrogen and oxygen atoms in total. The largest absolute Gasteiger partial charge is 0.309 e. The van der Waals surface area contributed by atoms with Crippen LogP contribution in [-0.4, -0.2) is 34.5 Å². The van der Waals surface area contributed by atoms with Crippen molar-refractivity contribution in [2.24, 2.45) is 0 Å². The van der Waals surface area contributed by atoms with E-state index in [4.69, 9.17) is 29.9 Å². The first-order valence-electron chi connectivity index (χ1n) is 19.5. The lowest BCUT2D eigenvalue weighted by Crippen LogP contribution is -2.17. The molecule has 0 N–H and O–H groups in total. The first kappa shape index (κ1) is 33.7. The molecule has 4 heterocycles. The molecule has 6 aromatic carbocycles. The van der Waals surface area contributed by atoms with Gasteiger partial charge < -0.3 is 4.57 Å². The minimum atomic E-state index is -0.351. The van der Waals surface area contributed by atoms with Gasteiger partial charge in [-0.3, -0.25) is 4.98 Å². The van der Waals surface area contributed by atoms with Crippen LogP contribution < -0.4 is 0 Å². The lowest BCUT2D eigenvalue weighted by Gasteiger charge is -2.23. The van der Waals surface area contributed by atoms with Crippen LogP contribution in [0.15, 0.2) is 176 Å². The summed E-state index contributed by atoms with van der Waals surface area (Å²) in [6.07, 6.45) is 1.85. The van der Waals surface area contributed by atoms with Crippen LogP contribution in [0.25, 0.3) is 95.7 Å². The zero-order valence-corrected chi connectivity index (χ0v) is 31.9. The van der Waals surface area contributed by atoms with Crippen LogP contribution in [0.1, 0.15) is 25.0 Å².